The summed E-state index contributed by atoms with van der Waals surface area (Å²) >= 11 is 0. The minimum absolute atomic E-state index is 0.554. The lowest BCUT2D eigenvalue weighted by atomic mass is 9.81. The van der Waals surface area contributed by atoms with Crippen LogP contribution in [0.2, 0.25) is 0 Å². The molecular formula is C14H21BN2. The molecule has 1 N–H and O–H groups in total. The van der Waals surface area contributed by atoms with E-state index in [4.69, 9.17) is 0 Å². The maximum absolute atomic E-state index is 3.69. The molecule has 1 unspecified atom stereocenters. The predicted molar refractivity (Wildman–Crippen MR) is 76.0 cm³/mol. The van der Waals surface area contributed by atoms with Gasteiger partial charge in [-0.2, -0.15) is 0 Å². The second kappa shape index (κ2) is 4.06. The third kappa shape index (κ3) is 1.97. The molecule has 1 saturated heterocycles. The lowest BCUT2D eigenvalue weighted by Crippen LogP contribution is -2.33. The van der Waals surface area contributed by atoms with E-state index in [0.717, 1.165) is 12.6 Å². The van der Waals surface area contributed by atoms with E-state index in [1.54, 1.807) is 0 Å². The number of hydrogen-bond donors (Lipinski definition) is 1. The molecule has 2 aliphatic rings. The van der Waals surface area contributed by atoms with Crippen molar-refractivity contribution in [3.05, 3.63) is 24.3 Å². The van der Waals surface area contributed by atoms with Gasteiger partial charge in [-0.15, -0.1) is 0 Å². The summed E-state index contributed by atoms with van der Waals surface area (Å²) in [4.78, 5) is 2.49. The SMILES string of the molecule is Bc1ccc(N(CC)CC2NC23CCC3)cc1. The van der Waals surface area contributed by atoms with Gasteiger partial charge in [0.25, 0.3) is 0 Å². The van der Waals surface area contributed by atoms with E-state index in [1.807, 2.05) is 0 Å². The van der Waals surface area contributed by atoms with Crippen LogP contribution in [0.4, 0.5) is 5.69 Å². The summed E-state index contributed by atoms with van der Waals surface area (Å²) in [6.07, 6.45) is 4.20. The highest BCUT2D eigenvalue weighted by Crippen LogP contribution is 2.45. The number of benzene rings is 1. The average Bonchev–Trinajstić information content (AvgIpc) is 3.02. The Balaban J connectivity index is 1.65. The Labute approximate surface area is 105 Å². The van der Waals surface area contributed by atoms with Crippen molar-refractivity contribution in [1.29, 1.82) is 0 Å². The van der Waals surface area contributed by atoms with Gasteiger partial charge in [-0.05, 0) is 38.3 Å². The monoisotopic (exact) mass is 228 g/mol. The second-order valence-electron chi connectivity index (χ2n) is 5.58. The first kappa shape index (κ1) is 11.2. The van der Waals surface area contributed by atoms with Gasteiger partial charge in [0.15, 0.2) is 0 Å². The van der Waals surface area contributed by atoms with E-state index in [0.29, 0.717) is 5.54 Å². The number of hydrogen-bond acceptors (Lipinski definition) is 2. The third-order valence-electron chi connectivity index (χ3n) is 4.47. The van der Waals surface area contributed by atoms with Crippen LogP contribution in [0.3, 0.4) is 0 Å². The van der Waals surface area contributed by atoms with Crippen molar-refractivity contribution in [2.75, 3.05) is 18.0 Å². The fourth-order valence-corrected chi connectivity index (χ4v) is 2.97. The molecule has 1 heterocycles. The van der Waals surface area contributed by atoms with Crippen molar-refractivity contribution >= 4 is 19.0 Å². The van der Waals surface area contributed by atoms with E-state index < -0.39 is 0 Å². The Hall–Kier alpha value is -0.955. The molecule has 1 aromatic carbocycles. The van der Waals surface area contributed by atoms with Gasteiger partial charge in [-0.3, -0.25) is 0 Å². The molecular weight excluding hydrogens is 207 g/mol. The molecule has 2 nitrogen and oxygen atoms in total. The van der Waals surface area contributed by atoms with Crippen molar-refractivity contribution in [3.63, 3.8) is 0 Å². The maximum atomic E-state index is 3.69. The molecule has 1 aliphatic heterocycles. The summed E-state index contributed by atoms with van der Waals surface area (Å²) in [6, 6.07) is 9.63. The Morgan fingerprint density at radius 2 is 2.06 bits per heavy atom. The highest BCUT2D eigenvalue weighted by atomic mass is 15.3. The molecule has 0 aromatic heterocycles. The van der Waals surface area contributed by atoms with E-state index in [2.05, 4.69) is 49.3 Å². The predicted octanol–water partition coefficient (Wildman–Crippen LogP) is 0.666. The molecule has 0 bridgehead atoms. The van der Waals surface area contributed by atoms with Gasteiger partial charge in [-0.25, -0.2) is 0 Å². The maximum Gasteiger partial charge on any atom is 0.139 e. The lowest BCUT2D eigenvalue weighted by molar-refractivity contribution is 0.363. The van der Waals surface area contributed by atoms with Crippen LogP contribution < -0.4 is 15.7 Å². The van der Waals surface area contributed by atoms with Crippen LogP contribution in [0.5, 0.6) is 0 Å². The van der Waals surface area contributed by atoms with Crippen LogP contribution in [-0.4, -0.2) is 32.5 Å². The van der Waals surface area contributed by atoms with E-state index in [-0.39, 0.29) is 0 Å². The van der Waals surface area contributed by atoms with Crippen molar-refractivity contribution in [2.45, 2.75) is 37.8 Å². The Bertz CT molecular complexity index is 397. The van der Waals surface area contributed by atoms with E-state index >= 15 is 0 Å². The number of nitrogens with zero attached hydrogens (tertiary/aromatic N) is 1. The van der Waals surface area contributed by atoms with Crippen molar-refractivity contribution in [3.8, 4) is 0 Å². The van der Waals surface area contributed by atoms with Gasteiger partial charge in [-0.1, -0.05) is 17.6 Å². The fourth-order valence-electron chi connectivity index (χ4n) is 2.97. The van der Waals surface area contributed by atoms with Crippen LogP contribution in [0.1, 0.15) is 26.2 Å². The molecule has 1 spiro atoms. The van der Waals surface area contributed by atoms with Crippen LogP contribution in [0.15, 0.2) is 24.3 Å². The topological polar surface area (TPSA) is 25.2 Å². The molecule has 17 heavy (non-hydrogen) atoms. The highest BCUT2D eigenvalue weighted by molar-refractivity contribution is 6.32. The number of likely N-dealkylation sites (N-methyl/N-ethyl adjacent to an activating group) is 1. The standard InChI is InChI=1S/C14H21BN2/c1-2-17(12-6-4-11(15)5-7-12)10-13-14(16-13)8-3-9-14/h4-7,13,16H,2-3,8-10,15H2,1H3. The highest BCUT2D eigenvalue weighted by Gasteiger charge is 2.57. The van der Waals surface area contributed by atoms with E-state index in [1.165, 1.54) is 37.0 Å². The molecule has 0 amide bonds. The normalized spacial score (nSPS) is 24.4. The van der Waals surface area contributed by atoms with Gasteiger partial charge < -0.3 is 10.2 Å². The van der Waals surface area contributed by atoms with Gasteiger partial charge in [0, 0.05) is 30.4 Å². The quantitative estimate of drug-likeness (QED) is 0.605. The molecule has 1 aliphatic carbocycles. The Kier molecular flexibility index (Phi) is 2.66. The van der Waals surface area contributed by atoms with Crippen LogP contribution in [-0.2, 0) is 0 Å². The molecule has 1 aromatic rings. The molecule has 2 fully saturated rings. The lowest BCUT2D eigenvalue weighted by Gasteiger charge is -2.28. The zero-order valence-electron chi connectivity index (χ0n) is 10.9. The number of rotatable bonds is 4. The smallest absolute Gasteiger partial charge is 0.139 e. The first-order valence-corrected chi connectivity index (χ1v) is 6.83. The first-order valence-electron chi connectivity index (χ1n) is 6.83. The van der Waals surface area contributed by atoms with Gasteiger partial charge >= 0.3 is 0 Å². The molecule has 3 heteroatoms. The second-order valence-corrected chi connectivity index (χ2v) is 5.58. The van der Waals surface area contributed by atoms with Crippen LogP contribution >= 0.6 is 0 Å². The molecule has 1 atom stereocenters. The third-order valence-corrected chi connectivity index (χ3v) is 4.47. The van der Waals surface area contributed by atoms with Crippen LogP contribution in [0, 0.1) is 0 Å². The minimum Gasteiger partial charge on any atom is -0.370 e. The molecule has 3 rings (SSSR count). The summed E-state index contributed by atoms with van der Waals surface area (Å²) in [5.41, 5.74) is 3.25. The van der Waals surface area contributed by atoms with Gasteiger partial charge in [0.05, 0.1) is 0 Å². The fraction of sp³-hybridized carbons (Fsp3) is 0.571. The summed E-state index contributed by atoms with van der Waals surface area (Å²) in [6.45, 7) is 4.51. The van der Waals surface area contributed by atoms with E-state index in [9.17, 15) is 0 Å². The largest absolute Gasteiger partial charge is 0.370 e. The summed E-state index contributed by atoms with van der Waals surface area (Å²) < 4.78 is 0. The Morgan fingerprint density at radius 3 is 2.53 bits per heavy atom. The van der Waals surface area contributed by atoms with Crippen molar-refractivity contribution in [1.82, 2.24) is 5.32 Å². The van der Waals surface area contributed by atoms with Crippen molar-refractivity contribution < 1.29 is 0 Å². The number of nitrogens with one attached hydrogen (secondary N) is 1. The van der Waals surface area contributed by atoms with Crippen molar-refractivity contribution in [2.24, 2.45) is 0 Å². The minimum atomic E-state index is 0.554. The van der Waals surface area contributed by atoms with Gasteiger partial charge in [0.2, 0.25) is 0 Å². The summed E-state index contributed by atoms with van der Waals surface area (Å²) in [5.74, 6) is 0. The summed E-state index contributed by atoms with van der Waals surface area (Å²) in [5, 5.41) is 3.69. The van der Waals surface area contributed by atoms with Crippen LogP contribution in [0.25, 0.3) is 0 Å². The molecule has 0 radical (unpaired) electrons. The molecule has 1 saturated carbocycles. The van der Waals surface area contributed by atoms with Gasteiger partial charge in [0.1, 0.15) is 7.85 Å². The summed E-state index contributed by atoms with van der Waals surface area (Å²) in [7, 11) is 2.14. The Morgan fingerprint density at radius 1 is 1.35 bits per heavy atom. The first-order chi connectivity index (χ1) is 8.23. The number of anilines is 1. The average molecular weight is 228 g/mol. The molecule has 90 valence electrons. The zero-order chi connectivity index (χ0) is 11.9. The zero-order valence-corrected chi connectivity index (χ0v) is 10.9.